The lowest BCUT2D eigenvalue weighted by Gasteiger charge is -2.12. The summed E-state index contributed by atoms with van der Waals surface area (Å²) < 4.78 is 33.9. The first-order valence-corrected chi connectivity index (χ1v) is 9.92. The van der Waals surface area contributed by atoms with Crippen LogP contribution in [0.3, 0.4) is 0 Å². The monoisotopic (exact) mass is 387 g/mol. The predicted molar refractivity (Wildman–Crippen MR) is 103 cm³/mol. The number of fused-ring (bicyclic) bond motifs is 1. The van der Waals surface area contributed by atoms with Crippen molar-refractivity contribution in [2.75, 3.05) is 5.75 Å². The number of imidazole rings is 1. The van der Waals surface area contributed by atoms with Crippen molar-refractivity contribution >= 4 is 11.8 Å². The number of halogens is 2. The molecule has 0 radical (unpaired) electrons. The van der Waals surface area contributed by atoms with Crippen molar-refractivity contribution in [2.45, 2.75) is 38.6 Å². The van der Waals surface area contributed by atoms with E-state index >= 15 is 0 Å². The second kappa shape index (κ2) is 7.35. The van der Waals surface area contributed by atoms with Crippen molar-refractivity contribution in [3.63, 3.8) is 0 Å². The Kier molecular flexibility index (Phi) is 4.91. The van der Waals surface area contributed by atoms with Gasteiger partial charge in [-0.2, -0.15) is 13.3 Å². The van der Waals surface area contributed by atoms with E-state index in [4.69, 9.17) is 0 Å². The van der Waals surface area contributed by atoms with E-state index < -0.39 is 6.61 Å². The number of hydrogen-bond donors (Lipinski definition) is 0. The number of aryl methyl sites for hydroxylation is 3. The molecule has 2 heterocycles. The van der Waals surface area contributed by atoms with Gasteiger partial charge >= 0.3 is 11.8 Å². The van der Waals surface area contributed by atoms with Crippen molar-refractivity contribution in [3.05, 3.63) is 59.8 Å². The minimum Gasteiger partial charge on any atom is -0.435 e. The summed E-state index contributed by atoms with van der Waals surface area (Å²) in [4.78, 5) is 0. The van der Waals surface area contributed by atoms with Crippen LogP contribution in [0, 0.1) is 13.8 Å². The minimum absolute atomic E-state index is 0.172. The van der Waals surface area contributed by atoms with Crippen LogP contribution in [0.4, 0.5) is 8.78 Å². The molecule has 140 valence electrons. The summed E-state index contributed by atoms with van der Waals surface area (Å²) in [6.07, 6.45) is 3.30. The van der Waals surface area contributed by atoms with Gasteiger partial charge in [-0.05, 0) is 73.5 Å². The fraction of sp³-hybridized carbons (Fsp3) is 0.286. The van der Waals surface area contributed by atoms with Gasteiger partial charge in [0, 0.05) is 11.3 Å². The molecule has 3 aromatic rings. The highest BCUT2D eigenvalue weighted by molar-refractivity contribution is 7.99. The molecule has 4 rings (SSSR count). The Balaban J connectivity index is 1.86. The van der Waals surface area contributed by atoms with Crippen LogP contribution >= 0.6 is 11.8 Å². The summed E-state index contributed by atoms with van der Waals surface area (Å²) in [7, 11) is 0. The molecule has 0 amide bonds. The van der Waals surface area contributed by atoms with Crippen LogP contribution in [0.1, 0.15) is 17.5 Å². The minimum atomic E-state index is -2.81. The first-order valence-electron chi connectivity index (χ1n) is 8.94. The van der Waals surface area contributed by atoms with Crippen LogP contribution < -0.4 is 9.30 Å². The highest BCUT2D eigenvalue weighted by atomic mass is 32.2. The lowest BCUT2D eigenvalue weighted by Crippen LogP contribution is -2.37. The maximum absolute atomic E-state index is 12.4. The summed E-state index contributed by atoms with van der Waals surface area (Å²) in [5.74, 6) is 1.26. The molecule has 2 aromatic carbocycles. The van der Waals surface area contributed by atoms with Crippen molar-refractivity contribution < 1.29 is 18.1 Å². The second-order valence-corrected chi connectivity index (χ2v) is 7.78. The Morgan fingerprint density at radius 1 is 1.11 bits per heavy atom. The number of alkyl halides is 2. The van der Waals surface area contributed by atoms with Crippen molar-refractivity contribution in [1.29, 1.82) is 0 Å². The topological polar surface area (TPSA) is 18.0 Å². The Bertz CT molecular complexity index is 967. The summed E-state index contributed by atoms with van der Waals surface area (Å²) in [5, 5.41) is 1.21. The second-order valence-electron chi connectivity index (χ2n) is 6.72. The van der Waals surface area contributed by atoms with E-state index in [1.165, 1.54) is 16.3 Å². The summed E-state index contributed by atoms with van der Waals surface area (Å²) in [6.45, 7) is 2.38. The largest absolute Gasteiger partial charge is 0.435 e. The molecule has 6 heteroatoms. The van der Waals surface area contributed by atoms with E-state index in [1.807, 2.05) is 23.9 Å². The number of nitrogens with zero attached hydrogens (tertiary/aromatic N) is 2. The Hall–Kier alpha value is -2.34. The van der Waals surface area contributed by atoms with Gasteiger partial charge in [0.2, 0.25) is 0 Å². The molecular formula is C21H21F2N2OS+. The third-order valence-electron chi connectivity index (χ3n) is 4.71. The van der Waals surface area contributed by atoms with Gasteiger partial charge in [0.1, 0.15) is 17.6 Å². The summed E-state index contributed by atoms with van der Waals surface area (Å²) in [6, 6.07) is 13.3. The summed E-state index contributed by atoms with van der Waals surface area (Å²) in [5.41, 5.74) is 5.58. The summed E-state index contributed by atoms with van der Waals surface area (Å²) >= 11 is 1.85. The Morgan fingerprint density at radius 3 is 2.63 bits per heavy atom. The van der Waals surface area contributed by atoms with Gasteiger partial charge in [-0.3, -0.25) is 0 Å². The molecule has 0 fully saturated rings. The van der Waals surface area contributed by atoms with Gasteiger partial charge in [0.15, 0.2) is 5.69 Å². The number of rotatable bonds is 4. The third-order valence-corrected chi connectivity index (χ3v) is 5.88. The Morgan fingerprint density at radius 2 is 1.89 bits per heavy atom. The van der Waals surface area contributed by atoms with E-state index in [9.17, 15) is 8.78 Å². The number of hydrogen-bond acceptors (Lipinski definition) is 2. The maximum atomic E-state index is 12.4. The molecule has 3 nitrogen and oxygen atoms in total. The van der Waals surface area contributed by atoms with Crippen molar-refractivity contribution in [1.82, 2.24) is 4.57 Å². The van der Waals surface area contributed by atoms with Crippen LogP contribution in [-0.4, -0.2) is 16.9 Å². The van der Waals surface area contributed by atoms with Crippen LogP contribution in [0.2, 0.25) is 0 Å². The molecule has 0 N–H and O–H groups in total. The van der Waals surface area contributed by atoms with Crippen LogP contribution in [0.15, 0.2) is 53.8 Å². The maximum Gasteiger partial charge on any atom is 0.387 e. The van der Waals surface area contributed by atoms with Crippen LogP contribution in [0.25, 0.3) is 16.9 Å². The Labute approximate surface area is 161 Å². The van der Waals surface area contributed by atoms with Crippen molar-refractivity contribution in [2.24, 2.45) is 0 Å². The average molecular weight is 387 g/mol. The molecular weight excluding hydrogens is 366 g/mol. The van der Waals surface area contributed by atoms with E-state index in [0.29, 0.717) is 0 Å². The third kappa shape index (κ3) is 3.58. The molecule has 27 heavy (non-hydrogen) atoms. The number of thioether (sulfide) groups is 1. The number of ether oxygens (including phenoxy) is 1. The van der Waals surface area contributed by atoms with E-state index in [2.05, 4.69) is 52.1 Å². The predicted octanol–water partition coefficient (Wildman–Crippen LogP) is 5.15. The zero-order chi connectivity index (χ0) is 19.0. The molecule has 0 atom stereocenters. The van der Waals surface area contributed by atoms with Gasteiger partial charge in [-0.1, -0.05) is 12.1 Å². The first-order chi connectivity index (χ1) is 13.0. The highest BCUT2D eigenvalue weighted by Gasteiger charge is 2.29. The zero-order valence-electron chi connectivity index (χ0n) is 15.3. The first kappa shape index (κ1) is 18.0. The standard InChI is InChI=1S/C21H21F2N2OS/c1-14-4-5-15(2)18(12-14)25-19(13-24-10-3-11-27-21(24)25)16-6-8-17(9-7-16)26-20(22)23/h4-9,12-13,20H,3,10-11H2,1-2H3/q+1. The fourth-order valence-electron chi connectivity index (χ4n) is 3.40. The van der Waals surface area contributed by atoms with Gasteiger partial charge < -0.3 is 4.74 Å². The molecule has 0 unspecified atom stereocenters. The molecule has 0 saturated heterocycles. The smallest absolute Gasteiger partial charge is 0.387 e. The molecule has 1 aromatic heterocycles. The van der Waals surface area contributed by atoms with Crippen LogP contribution in [-0.2, 0) is 6.54 Å². The molecule has 1 aliphatic heterocycles. The van der Waals surface area contributed by atoms with Gasteiger partial charge in [-0.25, -0.2) is 4.57 Å². The lowest BCUT2D eigenvalue weighted by molar-refractivity contribution is -0.734. The molecule has 0 bridgehead atoms. The number of aromatic nitrogens is 2. The average Bonchev–Trinajstić information content (AvgIpc) is 3.03. The molecule has 1 aliphatic rings. The van der Waals surface area contributed by atoms with Crippen molar-refractivity contribution in [3.8, 4) is 22.7 Å². The van der Waals surface area contributed by atoms with Gasteiger partial charge in [0.05, 0.1) is 6.54 Å². The molecule has 0 spiro atoms. The van der Waals surface area contributed by atoms with Crippen LogP contribution in [0.5, 0.6) is 5.75 Å². The molecule has 0 aliphatic carbocycles. The highest BCUT2D eigenvalue weighted by Crippen LogP contribution is 2.33. The normalized spacial score (nSPS) is 13.7. The van der Waals surface area contributed by atoms with E-state index in [0.717, 1.165) is 35.7 Å². The van der Waals surface area contributed by atoms with E-state index in [1.54, 1.807) is 12.1 Å². The quantitative estimate of drug-likeness (QED) is 0.577. The van der Waals surface area contributed by atoms with Gasteiger partial charge in [-0.15, -0.1) is 0 Å². The van der Waals surface area contributed by atoms with E-state index in [-0.39, 0.29) is 5.75 Å². The lowest BCUT2D eigenvalue weighted by atomic mass is 10.1. The SMILES string of the molecule is Cc1ccc(C)c(-n2c(-c3ccc(OC(F)F)cc3)c[n+]3c2SCCC3)c1. The van der Waals surface area contributed by atoms with Gasteiger partial charge in [0.25, 0.3) is 0 Å². The zero-order valence-corrected chi connectivity index (χ0v) is 16.1. The fourth-order valence-corrected chi connectivity index (χ4v) is 4.49. The molecule has 0 saturated carbocycles. The number of benzene rings is 2.